The Hall–Kier alpha value is -2.94. The average Bonchev–Trinajstić information content (AvgIpc) is 3.00. The third-order valence-electron chi connectivity index (χ3n) is 7.05. The Morgan fingerprint density at radius 1 is 0.655 bits per heavy atom. The smallest absolute Gasteiger partial charge is 0.234 e. The monoisotopic (exact) mass is 381 g/mol. The Morgan fingerprint density at radius 3 is 1.41 bits per heavy atom. The molecule has 2 amide bonds. The topological polar surface area (TPSA) is 37.4 Å². The molecular weight excluding hydrogens is 358 g/mol. The lowest BCUT2D eigenvalue weighted by Crippen LogP contribution is -2.46. The van der Waals surface area contributed by atoms with Gasteiger partial charge in [0.15, 0.2) is 0 Å². The first-order chi connectivity index (χ1) is 13.9. The van der Waals surface area contributed by atoms with Gasteiger partial charge in [-0.15, -0.1) is 0 Å². The van der Waals surface area contributed by atoms with Crippen molar-refractivity contribution in [2.45, 2.75) is 38.1 Å². The molecule has 3 nitrogen and oxygen atoms in total. The van der Waals surface area contributed by atoms with Crippen molar-refractivity contribution in [2.24, 2.45) is 11.8 Å². The van der Waals surface area contributed by atoms with Crippen LogP contribution >= 0.6 is 0 Å². The summed E-state index contributed by atoms with van der Waals surface area (Å²) >= 11 is 0. The third kappa shape index (κ3) is 1.98. The molecule has 1 heterocycles. The third-order valence-corrected chi connectivity index (χ3v) is 7.05. The molecule has 3 aromatic rings. The Labute approximate surface area is 170 Å². The van der Waals surface area contributed by atoms with Gasteiger partial charge in [-0.2, -0.15) is 0 Å². The van der Waals surface area contributed by atoms with E-state index >= 15 is 0 Å². The molecule has 0 saturated carbocycles. The van der Waals surface area contributed by atoms with Gasteiger partial charge in [0, 0.05) is 17.4 Å². The van der Waals surface area contributed by atoms with E-state index in [1.54, 1.807) is 0 Å². The normalized spacial score (nSPS) is 27.8. The van der Waals surface area contributed by atoms with Crippen molar-refractivity contribution in [1.82, 2.24) is 4.90 Å². The van der Waals surface area contributed by atoms with Gasteiger partial charge < -0.3 is 0 Å². The molecule has 3 aromatic carbocycles. The molecule has 7 rings (SSSR count). The molecule has 1 aliphatic heterocycles. The fraction of sp³-hybridized carbons (Fsp3) is 0.308. The molecule has 0 aromatic heterocycles. The van der Waals surface area contributed by atoms with E-state index in [0.29, 0.717) is 0 Å². The Balaban J connectivity index is 1.70. The van der Waals surface area contributed by atoms with Crippen LogP contribution < -0.4 is 0 Å². The van der Waals surface area contributed by atoms with Gasteiger partial charge in [0.05, 0.1) is 11.8 Å². The summed E-state index contributed by atoms with van der Waals surface area (Å²) in [6.07, 6.45) is 4.37. The molecule has 3 heteroatoms. The molecule has 0 radical (unpaired) electrons. The quantitative estimate of drug-likeness (QED) is 0.307. The highest BCUT2D eigenvalue weighted by Crippen LogP contribution is 2.59. The largest absolute Gasteiger partial charge is 0.277 e. The van der Waals surface area contributed by atoms with Gasteiger partial charge in [0.25, 0.3) is 0 Å². The number of imide groups is 1. The second-order valence-corrected chi connectivity index (χ2v) is 9.59. The van der Waals surface area contributed by atoms with Crippen molar-refractivity contribution in [1.29, 1.82) is 0 Å². The van der Waals surface area contributed by atoms with Crippen LogP contribution in [0.4, 0.5) is 0 Å². The molecule has 4 atom stereocenters. The number of carbonyl (C=O) groups is 2. The molecule has 4 aliphatic rings. The maximum atomic E-state index is 13.5. The Kier molecular flexibility index (Phi) is 3.13. The van der Waals surface area contributed by atoms with Crippen molar-refractivity contribution in [3.63, 3.8) is 0 Å². The molecule has 3 aliphatic carbocycles. The minimum atomic E-state index is -0.499. The minimum absolute atomic E-state index is 0.00487. The van der Waals surface area contributed by atoms with Crippen LogP contribution in [0, 0.1) is 11.8 Å². The number of hydrogen-bond acceptors (Lipinski definition) is 2. The molecule has 29 heavy (non-hydrogen) atoms. The highest BCUT2D eigenvalue weighted by molar-refractivity contribution is 6.14. The number of likely N-dealkylation sites (tertiary alicyclic amines) is 1. The standard InChI is InChI=1S/C26H23NO2/c1-26(2,3)27-24(28)22-18-12-13-19(23(22)25(27)29)21-17-11-7-5-9-15(17)14-8-4-6-10-16(14)20(18)21/h4-13,18-19,22-23H,1-3H3. The molecule has 0 spiro atoms. The first kappa shape index (κ1) is 17.0. The van der Waals surface area contributed by atoms with Crippen LogP contribution in [0.2, 0.25) is 0 Å². The summed E-state index contributed by atoms with van der Waals surface area (Å²) in [6, 6.07) is 17.0. The van der Waals surface area contributed by atoms with Gasteiger partial charge in [-0.3, -0.25) is 14.5 Å². The Bertz CT molecular complexity index is 1170. The second-order valence-electron chi connectivity index (χ2n) is 9.59. The lowest BCUT2D eigenvalue weighted by molar-refractivity contribution is -0.145. The van der Waals surface area contributed by atoms with Gasteiger partial charge >= 0.3 is 0 Å². The minimum Gasteiger partial charge on any atom is -0.277 e. The summed E-state index contributed by atoms with van der Waals surface area (Å²) in [4.78, 5) is 28.5. The van der Waals surface area contributed by atoms with E-state index < -0.39 is 5.54 Å². The van der Waals surface area contributed by atoms with E-state index in [0.717, 1.165) is 0 Å². The highest BCUT2D eigenvalue weighted by atomic mass is 16.2. The van der Waals surface area contributed by atoms with E-state index in [2.05, 4.69) is 60.7 Å². The summed E-state index contributed by atoms with van der Waals surface area (Å²) in [5.74, 6) is -0.663. The van der Waals surface area contributed by atoms with Crippen molar-refractivity contribution in [3.05, 3.63) is 71.8 Å². The fourth-order valence-corrected chi connectivity index (χ4v) is 6.07. The lowest BCUT2D eigenvalue weighted by atomic mass is 9.59. The molecular formula is C26H23NO2. The van der Waals surface area contributed by atoms with E-state index in [1.165, 1.54) is 37.6 Å². The van der Waals surface area contributed by atoms with Crippen molar-refractivity contribution < 1.29 is 9.59 Å². The number of fused-ring (bicyclic) bond motifs is 3. The molecule has 144 valence electrons. The average molecular weight is 381 g/mol. The van der Waals surface area contributed by atoms with Gasteiger partial charge in [0.1, 0.15) is 0 Å². The number of hydrogen-bond donors (Lipinski definition) is 0. The van der Waals surface area contributed by atoms with Crippen LogP contribution in [0.5, 0.6) is 0 Å². The van der Waals surface area contributed by atoms with Crippen molar-refractivity contribution in [2.75, 3.05) is 0 Å². The second kappa shape index (κ2) is 5.35. The number of amides is 2. The van der Waals surface area contributed by atoms with E-state index in [9.17, 15) is 9.59 Å². The van der Waals surface area contributed by atoms with Crippen LogP contribution in [-0.2, 0) is 9.59 Å². The van der Waals surface area contributed by atoms with Crippen LogP contribution in [0.1, 0.15) is 43.7 Å². The summed E-state index contributed by atoms with van der Waals surface area (Å²) in [7, 11) is 0. The van der Waals surface area contributed by atoms with Crippen molar-refractivity contribution >= 4 is 33.4 Å². The first-order valence-electron chi connectivity index (χ1n) is 10.4. The molecule has 4 unspecified atom stereocenters. The summed E-state index contributed by atoms with van der Waals surface area (Å²) in [5, 5.41) is 4.88. The zero-order chi connectivity index (χ0) is 20.1. The van der Waals surface area contributed by atoms with E-state index in [1.807, 2.05) is 20.8 Å². The summed E-state index contributed by atoms with van der Waals surface area (Å²) in [6.45, 7) is 5.86. The van der Waals surface area contributed by atoms with E-state index in [4.69, 9.17) is 0 Å². The van der Waals surface area contributed by atoms with Crippen LogP contribution in [-0.4, -0.2) is 22.3 Å². The number of nitrogens with zero attached hydrogens (tertiary/aromatic N) is 1. The van der Waals surface area contributed by atoms with Gasteiger partial charge in [0.2, 0.25) is 11.8 Å². The van der Waals surface area contributed by atoms with Gasteiger partial charge in [-0.25, -0.2) is 0 Å². The van der Waals surface area contributed by atoms with E-state index in [-0.39, 0.29) is 35.5 Å². The zero-order valence-electron chi connectivity index (χ0n) is 16.8. The van der Waals surface area contributed by atoms with Gasteiger partial charge in [-0.05, 0) is 53.4 Å². The summed E-state index contributed by atoms with van der Waals surface area (Å²) in [5.41, 5.74) is 2.01. The molecule has 0 N–H and O–H groups in total. The number of rotatable bonds is 0. The SMILES string of the molecule is CC(C)(C)N1C(=O)C2C3C=CC(c4c3c3ccccc3c3ccccc43)C2C1=O. The zero-order valence-corrected chi connectivity index (χ0v) is 16.8. The Morgan fingerprint density at radius 2 is 1.03 bits per heavy atom. The summed E-state index contributed by atoms with van der Waals surface area (Å²) < 4.78 is 0. The molecule has 2 bridgehead atoms. The lowest BCUT2D eigenvalue weighted by Gasteiger charge is -2.42. The predicted octanol–water partition coefficient (Wildman–Crippen LogP) is 5.14. The number of benzene rings is 3. The molecule has 1 saturated heterocycles. The number of carbonyl (C=O) groups excluding carboxylic acids is 2. The maximum absolute atomic E-state index is 13.5. The first-order valence-corrected chi connectivity index (χ1v) is 10.4. The molecule has 1 fully saturated rings. The highest BCUT2D eigenvalue weighted by Gasteiger charge is 2.60. The van der Waals surface area contributed by atoms with Crippen LogP contribution in [0.15, 0.2) is 60.7 Å². The van der Waals surface area contributed by atoms with Gasteiger partial charge in [-0.1, -0.05) is 60.7 Å². The van der Waals surface area contributed by atoms with Crippen LogP contribution in [0.25, 0.3) is 21.5 Å². The predicted molar refractivity (Wildman–Crippen MR) is 115 cm³/mol. The van der Waals surface area contributed by atoms with Crippen LogP contribution in [0.3, 0.4) is 0 Å². The van der Waals surface area contributed by atoms with Crippen molar-refractivity contribution in [3.8, 4) is 0 Å². The fourth-order valence-electron chi connectivity index (χ4n) is 6.07. The number of allylic oxidation sites excluding steroid dienone is 2. The maximum Gasteiger partial charge on any atom is 0.234 e.